The molecule has 1 aromatic carbocycles. The minimum absolute atomic E-state index is 0.135. The van der Waals surface area contributed by atoms with Crippen molar-refractivity contribution >= 4 is 0 Å². The van der Waals surface area contributed by atoms with Gasteiger partial charge in [-0.3, -0.25) is 0 Å². The lowest BCUT2D eigenvalue weighted by Crippen LogP contribution is -1.93. The standard InChI is InChI=1S/C11H16O3/c1-4-5-8-6-9(12)11(14-3)10(7-8)13-2/h6-7,12H,4-5H2,1-3H3. The highest BCUT2D eigenvalue weighted by Gasteiger charge is 2.10. The van der Waals surface area contributed by atoms with Crippen molar-refractivity contribution in [1.82, 2.24) is 0 Å². The maximum atomic E-state index is 9.62. The third-order valence-corrected chi connectivity index (χ3v) is 2.06. The third kappa shape index (κ3) is 2.10. The molecule has 0 spiro atoms. The Balaban J connectivity index is 3.10. The Bertz CT molecular complexity index is 308. The largest absolute Gasteiger partial charge is 0.504 e. The van der Waals surface area contributed by atoms with Gasteiger partial charge in [0.25, 0.3) is 0 Å². The number of methoxy groups -OCH3 is 2. The van der Waals surface area contributed by atoms with Crippen molar-refractivity contribution in [3.63, 3.8) is 0 Å². The van der Waals surface area contributed by atoms with Crippen LogP contribution in [0.2, 0.25) is 0 Å². The molecule has 0 atom stereocenters. The molecule has 0 fully saturated rings. The van der Waals surface area contributed by atoms with E-state index in [9.17, 15) is 5.11 Å². The Labute approximate surface area is 84.3 Å². The van der Waals surface area contributed by atoms with Gasteiger partial charge in [0.05, 0.1) is 14.2 Å². The first kappa shape index (κ1) is 10.7. The Morgan fingerprint density at radius 1 is 1.21 bits per heavy atom. The number of hydrogen-bond acceptors (Lipinski definition) is 3. The summed E-state index contributed by atoms with van der Waals surface area (Å²) in [5, 5.41) is 9.62. The van der Waals surface area contributed by atoms with E-state index in [-0.39, 0.29) is 5.75 Å². The molecule has 78 valence electrons. The van der Waals surface area contributed by atoms with Gasteiger partial charge in [-0.05, 0) is 24.1 Å². The highest BCUT2D eigenvalue weighted by Crippen LogP contribution is 2.37. The lowest BCUT2D eigenvalue weighted by atomic mass is 10.1. The summed E-state index contributed by atoms with van der Waals surface area (Å²) in [6.07, 6.45) is 1.96. The molecule has 0 saturated carbocycles. The number of ether oxygens (including phenoxy) is 2. The molecule has 0 aliphatic rings. The van der Waals surface area contributed by atoms with Gasteiger partial charge >= 0.3 is 0 Å². The van der Waals surface area contributed by atoms with Crippen molar-refractivity contribution in [2.24, 2.45) is 0 Å². The van der Waals surface area contributed by atoms with Crippen molar-refractivity contribution in [3.05, 3.63) is 17.7 Å². The molecule has 0 unspecified atom stereocenters. The Morgan fingerprint density at radius 3 is 2.43 bits per heavy atom. The molecule has 0 saturated heterocycles. The summed E-state index contributed by atoms with van der Waals surface area (Å²) >= 11 is 0. The predicted octanol–water partition coefficient (Wildman–Crippen LogP) is 2.36. The first-order chi connectivity index (χ1) is 6.72. The van der Waals surface area contributed by atoms with E-state index >= 15 is 0 Å². The molecule has 1 N–H and O–H groups in total. The summed E-state index contributed by atoms with van der Waals surface area (Å²) < 4.78 is 10.1. The lowest BCUT2D eigenvalue weighted by molar-refractivity contribution is 0.332. The van der Waals surface area contributed by atoms with Crippen LogP contribution < -0.4 is 9.47 Å². The third-order valence-electron chi connectivity index (χ3n) is 2.06. The molecule has 1 aromatic rings. The maximum absolute atomic E-state index is 9.62. The molecule has 0 aromatic heterocycles. The number of rotatable bonds is 4. The number of phenolic OH excluding ortho intramolecular Hbond substituents is 1. The smallest absolute Gasteiger partial charge is 0.203 e. The van der Waals surface area contributed by atoms with Gasteiger partial charge in [0.1, 0.15) is 0 Å². The maximum Gasteiger partial charge on any atom is 0.203 e. The molecule has 14 heavy (non-hydrogen) atoms. The van der Waals surface area contributed by atoms with Gasteiger partial charge in [-0.1, -0.05) is 13.3 Å². The van der Waals surface area contributed by atoms with Crippen LogP contribution in [0, 0.1) is 0 Å². The van der Waals surface area contributed by atoms with Crippen molar-refractivity contribution in [1.29, 1.82) is 0 Å². The summed E-state index contributed by atoms with van der Waals surface area (Å²) in [5.74, 6) is 1.11. The second-order valence-electron chi connectivity index (χ2n) is 3.10. The van der Waals surface area contributed by atoms with Crippen molar-refractivity contribution in [2.75, 3.05) is 14.2 Å². The zero-order valence-corrected chi connectivity index (χ0v) is 8.83. The van der Waals surface area contributed by atoms with Crippen LogP contribution in [0.3, 0.4) is 0 Å². The quantitative estimate of drug-likeness (QED) is 0.803. The average Bonchev–Trinajstić information content (AvgIpc) is 2.17. The number of hydrogen-bond donors (Lipinski definition) is 1. The topological polar surface area (TPSA) is 38.7 Å². The van der Waals surface area contributed by atoms with E-state index in [0.717, 1.165) is 18.4 Å². The van der Waals surface area contributed by atoms with Crippen molar-refractivity contribution in [2.45, 2.75) is 19.8 Å². The molecule has 3 nitrogen and oxygen atoms in total. The minimum atomic E-state index is 0.135. The Morgan fingerprint density at radius 2 is 1.93 bits per heavy atom. The average molecular weight is 196 g/mol. The van der Waals surface area contributed by atoms with Crippen LogP contribution in [-0.2, 0) is 6.42 Å². The number of benzene rings is 1. The molecule has 0 amide bonds. The SMILES string of the molecule is CCCc1cc(O)c(OC)c(OC)c1. The first-order valence-electron chi connectivity index (χ1n) is 4.66. The van der Waals surface area contributed by atoms with Crippen molar-refractivity contribution < 1.29 is 14.6 Å². The molecule has 1 rings (SSSR count). The van der Waals surface area contributed by atoms with E-state index in [2.05, 4.69) is 6.92 Å². The molecule has 0 radical (unpaired) electrons. The fourth-order valence-electron chi connectivity index (χ4n) is 1.43. The van der Waals surface area contributed by atoms with Crippen molar-refractivity contribution in [3.8, 4) is 17.2 Å². The fraction of sp³-hybridized carbons (Fsp3) is 0.455. The van der Waals surface area contributed by atoms with Gasteiger partial charge in [0.15, 0.2) is 11.5 Å². The minimum Gasteiger partial charge on any atom is -0.504 e. The van der Waals surface area contributed by atoms with E-state index < -0.39 is 0 Å². The van der Waals surface area contributed by atoms with E-state index in [1.807, 2.05) is 6.07 Å². The Hall–Kier alpha value is -1.38. The zero-order valence-electron chi connectivity index (χ0n) is 8.83. The summed E-state index contributed by atoms with van der Waals surface area (Å²) in [5.41, 5.74) is 1.06. The van der Waals surface area contributed by atoms with Crippen LogP contribution >= 0.6 is 0 Å². The molecular weight excluding hydrogens is 180 g/mol. The lowest BCUT2D eigenvalue weighted by Gasteiger charge is -2.11. The summed E-state index contributed by atoms with van der Waals surface area (Å²) in [4.78, 5) is 0. The van der Waals surface area contributed by atoms with Gasteiger partial charge < -0.3 is 14.6 Å². The zero-order chi connectivity index (χ0) is 10.6. The van der Waals surface area contributed by atoms with Gasteiger partial charge in [0, 0.05) is 0 Å². The fourth-order valence-corrected chi connectivity index (χ4v) is 1.43. The van der Waals surface area contributed by atoms with E-state index in [1.165, 1.54) is 7.11 Å². The van der Waals surface area contributed by atoms with Gasteiger partial charge in [-0.2, -0.15) is 0 Å². The summed E-state index contributed by atoms with van der Waals surface area (Å²) in [7, 11) is 3.07. The number of aryl methyl sites for hydroxylation is 1. The summed E-state index contributed by atoms with van der Waals surface area (Å²) in [6, 6.07) is 3.60. The monoisotopic (exact) mass is 196 g/mol. The summed E-state index contributed by atoms with van der Waals surface area (Å²) in [6.45, 7) is 2.09. The highest BCUT2D eigenvalue weighted by atomic mass is 16.5. The molecule has 0 aliphatic carbocycles. The van der Waals surface area contributed by atoms with Crippen LogP contribution in [0.5, 0.6) is 17.2 Å². The van der Waals surface area contributed by atoms with Crippen LogP contribution in [0.4, 0.5) is 0 Å². The highest BCUT2D eigenvalue weighted by molar-refractivity contribution is 5.52. The van der Waals surface area contributed by atoms with E-state index in [4.69, 9.17) is 9.47 Å². The van der Waals surface area contributed by atoms with Crippen LogP contribution in [-0.4, -0.2) is 19.3 Å². The molecule has 0 aliphatic heterocycles. The second-order valence-corrected chi connectivity index (χ2v) is 3.10. The molecule has 0 heterocycles. The first-order valence-corrected chi connectivity index (χ1v) is 4.66. The second kappa shape index (κ2) is 4.74. The normalized spacial score (nSPS) is 9.93. The van der Waals surface area contributed by atoms with Crippen LogP contribution in [0.25, 0.3) is 0 Å². The molecular formula is C11H16O3. The predicted molar refractivity (Wildman–Crippen MR) is 55.2 cm³/mol. The van der Waals surface area contributed by atoms with Gasteiger partial charge in [0.2, 0.25) is 5.75 Å². The van der Waals surface area contributed by atoms with Crippen LogP contribution in [0.1, 0.15) is 18.9 Å². The van der Waals surface area contributed by atoms with Crippen LogP contribution in [0.15, 0.2) is 12.1 Å². The molecule has 3 heteroatoms. The van der Waals surface area contributed by atoms with Gasteiger partial charge in [-0.15, -0.1) is 0 Å². The molecule has 0 bridgehead atoms. The van der Waals surface area contributed by atoms with E-state index in [1.54, 1.807) is 13.2 Å². The number of aromatic hydroxyl groups is 1. The Kier molecular flexibility index (Phi) is 3.63. The van der Waals surface area contributed by atoms with E-state index in [0.29, 0.717) is 11.5 Å². The van der Waals surface area contributed by atoms with Gasteiger partial charge in [-0.25, -0.2) is 0 Å². The number of phenols is 1.